The molecule has 1 aromatic rings. The van der Waals surface area contributed by atoms with Crippen LogP contribution in [0.4, 0.5) is 0 Å². The second-order valence-electron chi connectivity index (χ2n) is 3.43. The molecule has 0 bridgehead atoms. The lowest BCUT2D eigenvalue weighted by Gasteiger charge is -2.02. The van der Waals surface area contributed by atoms with Crippen LogP contribution in [0.2, 0.25) is 0 Å². The lowest BCUT2D eigenvalue weighted by molar-refractivity contribution is 0.911. The first-order chi connectivity index (χ1) is 5.90. The molecule has 1 aliphatic carbocycles. The van der Waals surface area contributed by atoms with Gasteiger partial charge in [-0.05, 0) is 48.1 Å². The lowest BCUT2D eigenvalue weighted by atomic mass is 10.1. The van der Waals surface area contributed by atoms with E-state index in [0.29, 0.717) is 0 Å². The van der Waals surface area contributed by atoms with E-state index in [1.54, 1.807) is 11.1 Å². The van der Waals surface area contributed by atoms with Crippen LogP contribution < -0.4 is 0 Å². The number of thiol groups is 1. The van der Waals surface area contributed by atoms with Gasteiger partial charge in [0.2, 0.25) is 0 Å². The van der Waals surface area contributed by atoms with E-state index in [-0.39, 0.29) is 0 Å². The summed E-state index contributed by atoms with van der Waals surface area (Å²) in [6.45, 7) is 0. The predicted molar refractivity (Wildman–Crippen MR) is 56.0 cm³/mol. The first-order valence-corrected chi connectivity index (χ1v) is 5.25. The van der Waals surface area contributed by atoms with Crippen molar-refractivity contribution < 1.29 is 0 Å². The van der Waals surface area contributed by atoms with Gasteiger partial charge in [0.05, 0.1) is 0 Å². The van der Waals surface area contributed by atoms with Gasteiger partial charge < -0.3 is 0 Å². The first kappa shape index (κ1) is 8.18. The third-order valence-corrected chi connectivity index (χ3v) is 2.79. The van der Waals surface area contributed by atoms with Crippen molar-refractivity contribution in [1.29, 1.82) is 0 Å². The van der Waals surface area contributed by atoms with E-state index in [1.165, 1.54) is 24.8 Å². The molecule has 0 unspecified atom stereocenters. The molecule has 0 nitrogen and oxygen atoms in total. The molecule has 64 valence electrons. The Labute approximate surface area is 79.4 Å². The normalized spacial score (nSPS) is 14.8. The fraction of sp³-hybridized carbons (Fsp3) is 0.455. The molecule has 0 N–H and O–H groups in total. The predicted octanol–water partition coefficient (Wildman–Crippen LogP) is 2.65. The monoisotopic (exact) mass is 178 g/mol. The Morgan fingerprint density at radius 1 is 1.17 bits per heavy atom. The SMILES string of the molecule is SCCc1ccc2c(c1)CCC2. The van der Waals surface area contributed by atoms with E-state index < -0.39 is 0 Å². The van der Waals surface area contributed by atoms with Gasteiger partial charge in [-0.2, -0.15) is 12.6 Å². The van der Waals surface area contributed by atoms with Crippen molar-refractivity contribution in [3.05, 3.63) is 34.9 Å². The van der Waals surface area contributed by atoms with Crippen molar-refractivity contribution in [2.75, 3.05) is 5.75 Å². The van der Waals surface area contributed by atoms with Crippen LogP contribution in [0.3, 0.4) is 0 Å². The number of rotatable bonds is 2. The zero-order valence-corrected chi connectivity index (χ0v) is 8.11. The van der Waals surface area contributed by atoms with Crippen molar-refractivity contribution in [3.8, 4) is 0 Å². The zero-order chi connectivity index (χ0) is 8.39. The van der Waals surface area contributed by atoms with Crippen LogP contribution >= 0.6 is 12.6 Å². The molecule has 0 aromatic heterocycles. The molecule has 0 fully saturated rings. The van der Waals surface area contributed by atoms with Crippen LogP contribution in [0.1, 0.15) is 23.1 Å². The Morgan fingerprint density at radius 3 is 2.83 bits per heavy atom. The van der Waals surface area contributed by atoms with Gasteiger partial charge in [0.1, 0.15) is 0 Å². The summed E-state index contributed by atoms with van der Waals surface area (Å²) in [5, 5.41) is 0. The highest BCUT2D eigenvalue weighted by Gasteiger charge is 2.09. The van der Waals surface area contributed by atoms with Gasteiger partial charge in [-0.3, -0.25) is 0 Å². The lowest BCUT2D eigenvalue weighted by Crippen LogP contribution is -1.89. The van der Waals surface area contributed by atoms with Crippen LogP contribution in [0.5, 0.6) is 0 Å². The molecule has 0 aliphatic heterocycles. The number of aryl methyl sites for hydroxylation is 3. The number of hydrogen-bond acceptors (Lipinski definition) is 1. The standard InChI is InChI=1S/C11H14S/c12-7-6-9-4-5-10-2-1-3-11(10)8-9/h4-5,8,12H,1-3,6-7H2. The van der Waals surface area contributed by atoms with Gasteiger partial charge in [0.15, 0.2) is 0 Å². The summed E-state index contributed by atoms with van der Waals surface area (Å²) < 4.78 is 0. The summed E-state index contributed by atoms with van der Waals surface area (Å²) in [5.41, 5.74) is 4.60. The first-order valence-electron chi connectivity index (χ1n) is 4.61. The van der Waals surface area contributed by atoms with Crippen molar-refractivity contribution in [1.82, 2.24) is 0 Å². The van der Waals surface area contributed by atoms with E-state index in [1.807, 2.05) is 0 Å². The smallest absolute Gasteiger partial charge is 0.00574 e. The minimum Gasteiger partial charge on any atom is -0.179 e. The molecule has 12 heavy (non-hydrogen) atoms. The Balaban J connectivity index is 2.26. The zero-order valence-electron chi connectivity index (χ0n) is 7.21. The highest BCUT2D eigenvalue weighted by Crippen LogP contribution is 2.22. The average molecular weight is 178 g/mol. The Hall–Kier alpha value is -0.430. The summed E-state index contributed by atoms with van der Waals surface area (Å²) in [5.74, 6) is 0.957. The van der Waals surface area contributed by atoms with E-state index >= 15 is 0 Å². The highest BCUT2D eigenvalue weighted by atomic mass is 32.1. The summed E-state index contributed by atoms with van der Waals surface area (Å²) in [6.07, 6.45) is 5.03. The molecule has 2 rings (SSSR count). The second-order valence-corrected chi connectivity index (χ2v) is 3.88. The number of hydrogen-bond donors (Lipinski definition) is 1. The molecular weight excluding hydrogens is 164 g/mol. The highest BCUT2D eigenvalue weighted by molar-refractivity contribution is 7.80. The van der Waals surface area contributed by atoms with Crippen molar-refractivity contribution >= 4 is 12.6 Å². The average Bonchev–Trinajstić information content (AvgIpc) is 2.51. The third-order valence-electron chi connectivity index (χ3n) is 2.56. The third kappa shape index (κ3) is 1.51. The molecule has 0 amide bonds. The van der Waals surface area contributed by atoms with Gasteiger partial charge >= 0.3 is 0 Å². The molecule has 0 saturated heterocycles. The minimum atomic E-state index is 0.957. The van der Waals surface area contributed by atoms with Gasteiger partial charge in [0.25, 0.3) is 0 Å². The van der Waals surface area contributed by atoms with Crippen molar-refractivity contribution in [2.24, 2.45) is 0 Å². The van der Waals surface area contributed by atoms with E-state index in [0.717, 1.165) is 12.2 Å². The Morgan fingerprint density at radius 2 is 2.00 bits per heavy atom. The number of fused-ring (bicyclic) bond motifs is 1. The summed E-state index contributed by atoms with van der Waals surface area (Å²) in [7, 11) is 0. The van der Waals surface area contributed by atoms with Gasteiger partial charge in [-0.15, -0.1) is 0 Å². The maximum atomic E-state index is 4.24. The van der Waals surface area contributed by atoms with Crippen molar-refractivity contribution in [2.45, 2.75) is 25.7 Å². The van der Waals surface area contributed by atoms with Crippen LogP contribution in [0.15, 0.2) is 18.2 Å². The molecule has 1 aromatic carbocycles. The van der Waals surface area contributed by atoms with Crippen LogP contribution in [0.25, 0.3) is 0 Å². The van der Waals surface area contributed by atoms with E-state index in [2.05, 4.69) is 30.8 Å². The largest absolute Gasteiger partial charge is 0.179 e. The molecule has 0 heterocycles. The topological polar surface area (TPSA) is 0 Å². The molecule has 1 heteroatoms. The molecule has 0 spiro atoms. The second kappa shape index (κ2) is 3.53. The van der Waals surface area contributed by atoms with E-state index in [9.17, 15) is 0 Å². The fourth-order valence-corrected chi connectivity index (χ4v) is 2.17. The number of benzene rings is 1. The van der Waals surface area contributed by atoms with Crippen LogP contribution in [-0.4, -0.2) is 5.75 Å². The maximum Gasteiger partial charge on any atom is -0.00574 e. The van der Waals surface area contributed by atoms with Gasteiger partial charge in [0, 0.05) is 0 Å². The van der Waals surface area contributed by atoms with Gasteiger partial charge in [-0.1, -0.05) is 18.2 Å². The summed E-state index contributed by atoms with van der Waals surface area (Å²) in [6, 6.07) is 6.90. The Kier molecular flexibility index (Phi) is 2.40. The molecular formula is C11H14S. The summed E-state index contributed by atoms with van der Waals surface area (Å²) in [4.78, 5) is 0. The maximum absolute atomic E-state index is 4.24. The fourth-order valence-electron chi connectivity index (χ4n) is 1.91. The molecule has 0 radical (unpaired) electrons. The molecule has 1 aliphatic rings. The van der Waals surface area contributed by atoms with Crippen LogP contribution in [0, 0.1) is 0 Å². The summed E-state index contributed by atoms with van der Waals surface area (Å²) >= 11 is 4.24. The Bertz CT molecular complexity index is 278. The minimum absolute atomic E-state index is 0.957. The molecule has 0 saturated carbocycles. The van der Waals surface area contributed by atoms with Crippen molar-refractivity contribution in [3.63, 3.8) is 0 Å². The van der Waals surface area contributed by atoms with Gasteiger partial charge in [-0.25, -0.2) is 0 Å². The van der Waals surface area contributed by atoms with E-state index in [4.69, 9.17) is 0 Å². The quantitative estimate of drug-likeness (QED) is 0.661. The molecule has 0 atom stereocenters. The van der Waals surface area contributed by atoms with Crippen LogP contribution in [-0.2, 0) is 19.3 Å².